The van der Waals surface area contributed by atoms with Crippen LogP contribution in [0.3, 0.4) is 0 Å². The summed E-state index contributed by atoms with van der Waals surface area (Å²) >= 11 is 1.73. The number of para-hydroxylation sites is 1. The Hall–Kier alpha value is -0.670. The van der Waals surface area contributed by atoms with Gasteiger partial charge in [-0.2, -0.15) is 0 Å². The molecule has 2 nitrogen and oxygen atoms in total. The van der Waals surface area contributed by atoms with Gasteiger partial charge < -0.3 is 10.1 Å². The van der Waals surface area contributed by atoms with Gasteiger partial charge in [0.1, 0.15) is 11.9 Å². The van der Waals surface area contributed by atoms with Crippen molar-refractivity contribution >= 4 is 11.8 Å². The highest BCUT2D eigenvalue weighted by molar-refractivity contribution is 7.98. The fourth-order valence-electron chi connectivity index (χ4n) is 1.71. The molecule has 0 radical (unpaired) electrons. The molecule has 1 aromatic rings. The van der Waals surface area contributed by atoms with Crippen molar-refractivity contribution in [1.29, 1.82) is 0 Å². The molecular formula is C15H25NOS. The third-order valence-electron chi connectivity index (χ3n) is 2.86. The Morgan fingerprint density at radius 1 is 1.28 bits per heavy atom. The second-order valence-electron chi connectivity index (χ2n) is 4.76. The normalized spacial score (nSPS) is 12.7. The van der Waals surface area contributed by atoms with Crippen molar-refractivity contribution in [3.05, 3.63) is 24.3 Å². The lowest BCUT2D eigenvalue weighted by Crippen LogP contribution is -2.35. The van der Waals surface area contributed by atoms with Gasteiger partial charge >= 0.3 is 0 Å². The van der Waals surface area contributed by atoms with E-state index in [-0.39, 0.29) is 6.10 Å². The maximum absolute atomic E-state index is 6.16. The van der Waals surface area contributed by atoms with E-state index in [1.807, 2.05) is 6.07 Å². The lowest BCUT2D eigenvalue weighted by Gasteiger charge is -2.24. The predicted octanol–water partition coefficient (Wildman–Crippen LogP) is 3.81. The summed E-state index contributed by atoms with van der Waals surface area (Å²) in [5.41, 5.74) is 0. The summed E-state index contributed by atoms with van der Waals surface area (Å²) in [7, 11) is 0. The zero-order valence-electron chi connectivity index (χ0n) is 11.9. The Balaban J connectivity index is 2.64. The molecule has 0 aliphatic rings. The first-order chi connectivity index (χ1) is 8.69. The van der Waals surface area contributed by atoms with Crippen LogP contribution in [0.15, 0.2) is 29.2 Å². The fourth-order valence-corrected chi connectivity index (χ4v) is 2.25. The molecule has 1 rings (SSSR count). The number of hydrogen-bond acceptors (Lipinski definition) is 3. The molecule has 0 saturated carbocycles. The molecule has 102 valence electrons. The molecule has 0 heterocycles. The number of hydrogen-bond donors (Lipinski definition) is 1. The van der Waals surface area contributed by atoms with Crippen LogP contribution >= 0.6 is 11.8 Å². The molecule has 0 saturated heterocycles. The quantitative estimate of drug-likeness (QED) is 0.571. The van der Waals surface area contributed by atoms with Crippen LogP contribution < -0.4 is 10.1 Å². The minimum absolute atomic E-state index is 0.227. The van der Waals surface area contributed by atoms with E-state index in [2.05, 4.69) is 50.5 Å². The highest BCUT2D eigenvalue weighted by Gasteiger charge is 2.16. The largest absolute Gasteiger partial charge is 0.488 e. The highest BCUT2D eigenvalue weighted by Crippen LogP contribution is 2.28. The van der Waals surface area contributed by atoms with Crippen LogP contribution in [-0.2, 0) is 0 Å². The summed E-state index contributed by atoms with van der Waals surface area (Å²) in [5.74, 6) is 1.51. The maximum atomic E-state index is 6.16. The van der Waals surface area contributed by atoms with E-state index in [0.29, 0.717) is 5.92 Å². The zero-order valence-corrected chi connectivity index (χ0v) is 12.7. The Morgan fingerprint density at radius 3 is 2.61 bits per heavy atom. The summed E-state index contributed by atoms with van der Waals surface area (Å²) < 4.78 is 6.16. The Bertz CT molecular complexity index is 341. The first kappa shape index (κ1) is 15.4. The van der Waals surface area contributed by atoms with Gasteiger partial charge in [-0.1, -0.05) is 32.9 Å². The molecule has 1 unspecified atom stereocenters. The molecule has 1 N–H and O–H groups in total. The molecular weight excluding hydrogens is 242 g/mol. The average Bonchev–Trinajstić information content (AvgIpc) is 2.38. The van der Waals surface area contributed by atoms with Crippen molar-refractivity contribution in [3.8, 4) is 5.75 Å². The van der Waals surface area contributed by atoms with E-state index < -0.39 is 0 Å². The summed E-state index contributed by atoms with van der Waals surface area (Å²) in [5, 5.41) is 3.44. The highest BCUT2D eigenvalue weighted by atomic mass is 32.2. The van der Waals surface area contributed by atoms with Crippen LogP contribution in [0, 0.1) is 5.92 Å². The number of nitrogens with one attached hydrogen (secondary N) is 1. The topological polar surface area (TPSA) is 21.3 Å². The van der Waals surface area contributed by atoms with Crippen LogP contribution in [0.1, 0.15) is 27.2 Å². The number of rotatable bonds is 8. The first-order valence-electron chi connectivity index (χ1n) is 6.69. The molecule has 0 bridgehead atoms. The van der Waals surface area contributed by atoms with Crippen LogP contribution in [0.4, 0.5) is 0 Å². The lowest BCUT2D eigenvalue weighted by atomic mass is 10.1. The molecule has 0 amide bonds. The number of benzene rings is 1. The van der Waals surface area contributed by atoms with Crippen LogP contribution in [0.5, 0.6) is 5.75 Å². The van der Waals surface area contributed by atoms with Crippen molar-refractivity contribution in [3.63, 3.8) is 0 Å². The van der Waals surface area contributed by atoms with Gasteiger partial charge in [-0.05, 0) is 37.3 Å². The second kappa shape index (κ2) is 8.44. The van der Waals surface area contributed by atoms with Crippen LogP contribution in [0.25, 0.3) is 0 Å². The average molecular weight is 267 g/mol. The van der Waals surface area contributed by atoms with E-state index >= 15 is 0 Å². The van der Waals surface area contributed by atoms with Crippen molar-refractivity contribution in [2.24, 2.45) is 5.92 Å². The standard InChI is InChI=1S/C15H25NOS/c1-5-10-16-11-14(12(2)3)17-13-8-6-7-9-15(13)18-4/h6-9,12,14,16H,5,10-11H2,1-4H3. The molecule has 1 atom stereocenters. The number of ether oxygens (including phenoxy) is 1. The Morgan fingerprint density at radius 2 is 2.00 bits per heavy atom. The second-order valence-corrected chi connectivity index (χ2v) is 5.60. The molecule has 0 spiro atoms. The summed E-state index contributed by atoms with van der Waals surface area (Å²) in [6.07, 6.45) is 3.47. The lowest BCUT2D eigenvalue weighted by molar-refractivity contribution is 0.145. The van der Waals surface area contributed by atoms with Gasteiger partial charge in [0, 0.05) is 11.4 Å². The first-order valence-corrected chi connectivity index (χ1v) is 7.91. The van der Waals surface area contributed by atoms with Crippen molar-refractivity contribution in [2.75, 3.05) is 19.3 Å². The molecule has 0 fully saturated rings. The monoisotopic (exact) mass is 267 g/mol. The number of thioether (sulfide) groups is 1. The van der Waals surface area contributed by atoms with Crippen LogP contribution in [0.2, 0.25) is 0 Å². The van der Waals surface area contributed by atoms with E-state index in [1.165, 1.54) is 4.90 Å². The van der Waals surface area contributed by atoms with Crippen molar-refractivity contribution in [1.82, 2.24) is 5.32 Å². The molecule has 0 aromatic heterocycles. The van der Waals surface area contributed by atoms with Gasteiger partial charge in [-0.25, -0.2) is 0 Å². The third-order valence-corrected chi connectivity index (χ3v) is 3.64. The third kappa shape index (κ3) is 4.91. The minimum Gasteiger partial charge on any atom is -0.488 e. The van der Waals surface area contributed by atoms with Gasteiger partial charge in [0.05, 0.1) is 0 Å². The Labute approximate surface area is 116 Å². The summed E-state index contributed by atoms with van der Waals surface area (Å²) in [6.45, 7) is 8.56. The van der Waals surface area contributed by atoms with Crippen molar-refractivity contribution in [2.45, 2.75) is 38.2 Å². The zero-order chi connectivity index (χ0) is 13.4. The van der Waals surface area contributed by atoms with Gasteiger partial charge in [0.2, 0.25) is 0 Å². The molecule has 0 aliphatic carbocycles. The fraction of sp³-hybridized carbons (Fsp3) is 0.600. The van der Waals surface area contributed by atoms with Crippen LogP contribution in [-0.4, -0.2) is 25.4 Å². The molecule has 0 aliphatic heterocycles. The SMILES string of the molecule is CCCNCC(Oc1ccccc1SC)C(C)C. The Kier molecular flexibility index (Phi) is 7.21. The van der Waals surface area contributed by atoms with Crippen molar-refractivity contribution < 1.29 is 4.74 Å². The summed E-state index contributed by atoms with van der Waals surface area (Å²) in [4.78, 5) is 1.21. The van der Waals surface area contributed by atoms with E-state index in [1.54, 1.807) is 11.8 Å². The molecule has 3 heteroatoms. The molecule has 1 aromatic carbocycles. The van der Waals surface area contributed by atoms with Gasteiger partial charge in [-0.15, -0.1) is 11.8 Å². The maximum Gasteiger partial charge on any atom is 0.133 e. The predicted molar refractivity (Wildman–Crippen MR) is 80.6 cm³/mol. The smallest absolute Gasteiger partial charge is 0.133 e. The van der Waals surface area contributed by atoms with E-state index in [4.69, 9.17) is 4.74 Å². The van der Waals surface area contributed by atoms with E-state index in [0.717, 1.165) is 25.3 Å². The van der Waals surface area contributed by atoms with Gasteiger partial charge in [0.25, 0.3) is 0 Å². The van der Waals surface area contributed by atoms with Gasteiger partial charge in [-0.3, -0.25) is 0 Å². The van der Waals surface area contributed by atoms with E-state index in [9.17, 15) is 0 Å². The van der Waals surface area contributed by atoms with Gasteiger partial charge in [0.15, 0.2) is 0 Å². The summed E-state index contributed by atoms with van der Waals surface area (Å²) in [6, 6.07) is 8.25. The minimum atomic E-state index is 0.227. The molecule has 18 heavy (non-hydrogen) atoms.